The molecule has 142 valence electrons. The summed E-state index contributed by atoms with van der Waals surface area (Å²) in [5.74, 6) is 12.9. The number of anilines is 2. The molecule has 3 aliphatic rings. The van der Waals surface area contributed by atoms with Gasteiger partial charge in [0.15, 0.2) is 5.69 Å². The van der Waals surface area contributed by atoms with Gasteiger partial charge in [-0.15, -0.1) is 0 Å². The zero-order valence-electron chi connectivity index (χ0n) is 14.1. The molecule has 0 aromatic carbocycles. The predicted molar refractivity (Wildman–Crippen MR) is 90.1 cm³/mol. The first-order valence-corrected chi connectivity index (χ1v) is 8.60. The van der Waals surface area contributed by atoms with Crippen LogP contribution in [0.15, 0.2) is 11.2 Å². The van der Waals surface area contributed by atoms with Crippen molar-refractivity contribution in [2.75, 3.05) is 36.0 Å². The number of nitrogens with two attached hydrogens (primary N) is 2. The van der Waals surface area contributed by atoms with Crippen LogP contribution in [0.25, 0.3) is 0 Å². The molecule has 1 aromatic heterocycles. The Labute approximate surface area is 148 Å². The molecule has 2 unspecified atom stereocenters. The molecule has 0 spiro atoms. The monoisotopic (exact) mass is 370 g/mol. The van der Waals surface area contributed by atoms with Gasteiger partial charge in [-0.05, 0) is 24.2 Å². The summed E-state index contributed by atoms with van der Waals surface area (Å²) in [5.41, 5.74) is 1.59. The molecule has 2 atom stereocenters. The number of aromatic nitrogens is 2. The number of fused-ring (bicyclic) bond motifs is 1. The van der Waals surface area contributed by atoms with Crippen molar-refractivity contribution in [3.63, 3.8) is 0 Å². The van der Waals surface area contributed by atoms with Crippen molar-refractivity contribution in [1.82, 2.24) is 15.4 Å². The average Bonchev–Trinajstić information content (AvgIpc) is 2.99. The third-order valence-corrected chi connectivity index (χ3v) is 5.58. The first-order valence-electron chi connectivity index (χ1n) is 8.60. The van der Waals surface area contributed by atoms with E-state index in [1.165, 1.54) is 0 Å². The SMILES string of the molecule is N/N=C(/CC1C2CN(c3cc(C(F)(F)F)nc(N4CCC4)n3)CC12)NN. The topological polar surface area (TPSA) is 109 Å². The number of hydrazine groups is 1. The van der Waals surface area contributed by atoms with Crippen molar-refractivity contribution in [2.45, 2.75) is 19.0 Å². The number of nitrogens with zero attached hydrogens (tertiary/aromatic N) is 5. The van der Waals surface area contributed by atoms with Crippen molar-refractivity contribution in [1.29, 1.82) is 0 Å². The van der Waals surface area contributed by atoms with Crippen LogP contribution in [0.1, 0.15) is 18.5 Å². The molecule has 3 fully saturated rings. The first kappa shape index (κ1) is 17.1. The van der Waals surface area contributed by atoms with Crippen molar-refractivity contribution >= 4 is 17.6 Å². The number of rotatable bonds is 4. The van der Waals surface area contributed by atoms with Gasteiger partial charge in [-0.1, -0.05) is 0 Å². The van der Waals surface area contributed by atoms with Crippen molar-refractivity contribution in [2.24, 2.45) is 34.5 Å². The predicted octanol–water partition coefficient (Wildman–Crippen LogP) is 0.513. The Morgan fingerprint density at radius 1 is 1.23 bits per heavy atom. The fourth-order valence-corrected chi connectivity index (χ4v) is 3.90. The van der Waals surface area contributed by atoms with E-state index in [1.54, 1.807) is 4.90 Å². The lowest BCUT2D eigenvalue weighted by Gasteiger charge is -2.32. The van der Waals surface area contributed by atoms with Gasteiger partial charge in [-0.25, -0.2) is 10.8 Å². The molecule has 11 heteroatoms. The van der Waals surface area contributed by atoms with Crippen LogP contribution in [-0.4, -0.2) is 42.0 Å². The van der Waals surface area contributed by atoms with E-state index in [1.807, 2.05) is 4.90 Å². The lowest BCUT2D eigenvalue weighted by Crippen LogP contribution is -2.39. The van der Waals surface area contributed by atoms with Gasteiger partial charge < -0.3 is 21.1 Å². The van der Waals surface area contributed by atoms with Gasteiger partial charge in [0.25, 0.3) is 0 Å². The molecule has 0 amide bonds. The maximum absolute atomic E-state index is 13.2. The summed E-state index contributed by atoms with van der Waals surface area (Å²) < 4.78 is 39.7. The van der Waals surface area contributed by atoms with Crippen LogP contribution in [0, 0.1) is 17.8 Å². The molecule has 2 aliphatic heterocycles. The average molecular weight is 370 g/mol. The zero-order valence-corrected chi connectivity index (χ0v) is 14.1. The van der Waals surface area contributed by atoms with E-state index in [2.05, 4.69) is 20.5 Å². The molecule has 8 nitrogen and oxygen atoms in total. The van der Waals surface area contributed by atoms with E-state index >= 15 is 0 Å². The highest BCUT2D eigenvalue weighted by atomic mass is 19.4. The van der Waals surface area contributed by atoms with E-state index in [0.717, 1.165) is 12.5 Å². The highest BCUT2D eigenvalue weighted by Gasteiger charge is 2.56. The number of piperidine rings is 1. The Hall–Kier alpha value is -2.30. The maximum Gasteiger partial charge on any atom is 0.433 e. The quantitative estimate of drug-likeness (QED) is 0.307. The Morgan fingerprint density at radius 2 is 1.92 bits per heavy atom. The van der Waals surface area contributed by atoms with Crippen molar-refractivity contribution in [3.05, 3.63) is 11.8 Å². The van der Waals surface area contributed by atoms with Gasteiger partial charge in [-0.3, -0.25) is 0 Å². The zero-order chi connectivity index (χ0) is 18.5. The molecule has 1 aromatic rings. The fourth-order valence-electron chi connectivity index (χ4n) is 3.90. The minimum Gasteiger partial charge on any atom is -0.356 e. The number of hydrogen-bond acceptors (Lipinski definition) is 7. The number of hydrogen-bond donors (Lipinski definition) is 3. The first-order chi connectivity index (χ1) is 12.4. The lowest BCUT2D eigenvalue weighted by atomic mass is 10.2. The molecule has 4 rings (SSSR count). The van der Waals surface area contributed by atoms with Gasteiger partial charge in [0.1, 0.15) is 11.7 Å². The number of amidine groups is 1. The third kappa shape index (κ3) is 3.00. The molecule has 2 saturated heterocycles. The van der Waals surface area contributed by atoms with Crippen LogP contribution in [0.4, 0.5) is 24.9 Å². The molecule has 0 radical (unpaired) electrons. The second kappa shape index (κ2) is 6.15. The highest BCUT2D eigenvalue weighted by Crippen LogP contribution is 2.54. The number of hydrazone groups is 1. The van der Waals surface area contributed by atoms with Crippen LogP contribution in [0.2, 0.25) is 0 Å². The van der Waals surface area contributed by atoms with Gasteiger partial charge >= 0.3 is 6.18 Å². The molecule has 0 bridgehead atoms. The summed E-state index contributed by atoms with van der Waals surface area (Å²) in [6, 6.07) is 1.05. The second-order valence-electron chi connectivity index (χ2n) is 7.07. The van der Waals surface area contributed by atoms with Crippen LogP contribution in [0.3, 0.4) is 0 Å². The summed E-state index contributed by atoms with van der Waals surface area (Å²) >= 11 is 0. The molecule has 5 N–H and O–H groups in total. The lowest BCUT2D eigenvalue weighted by molar-refractivity contribution is -0.141. The summed E-state index contributed by atoms with van der Waals surface area (Å²) in [6.07, 6.45) is -2.88. The van der Waals surface area contributed by atoms with Crippen LogP contribution >= 0.6 is 0 Å². The molecule has 1 aliphatic carbocycles. The Kier molecular flexibility index (Phi) is 4.05. The molecular weight excluding hydrogens is 349 g/mol. The number of nitrogens with one attached hydrogen (secondary N) is 1. The maximum atomic E-state index is 13.2. The minimum absolute atomic E-state index is 0.170. The summed E-state index contributed by atoms with van der Waals surface area (Å²) in [5, 5.41) is 3.59. The van der Waals surface area contributed by atoms with Gasteiger partial charge in [0, 0.05) is 38.7 Å². The highest BCUT2D eigenvalue weighted by molar-refractivity contribution is 5.82. The number of alkyl halides is 3. The second-order valence-corrected chi connectivity index (χ2v) is 7.07. The Morgan fingerprint density at radius 3 is 2.42 bits per heavy atom. The normalized spacial score (nSPS) is 28.0. The number of halogens is 3. The molecular formula is C15H21F3N8. The Balaban J connectivity index is 1.49. The molecule has 3 heterocycles. The molecule has 26 heavy (non-hydrogen) atoms. The van der Waals surface area contributed by atoms with Gasteiger partial charge in [-0.2, -0.15) is 23.3 Å². The van der Waals surface area contributed by atoms with Crippen LogP contribution < -0.4 is 26.9 Å². The Bertz CT molecular complexity index is 705. The largest absolute Gasteiger partial charge is 0.433 e. The summed E-state index contributed by atoms with van der Waals surface area (Å²) in [4.78, 5) is 11.8. The van der Waals surface area contributed by atoms with Gasteiger partial charge in [0.2, 0.25) is 5.95 Å². The third-order valence-electron chi connectivity index (χ3n) is 5.58. The van der Waals surface area contributed by atoms with E-state index in [9.17, 15) is 13.2 Å². The molecule has 1 saturated carbocycles. The van der Waals surface area contributed by atoms with Crippen molar-refractivity contribution in [3.8, 4) is 0 Å². The van der Waals surface area contributed by atoms with E-state index in [0.29, 0.717) is 62.0 Å². The van der Waals surface area contributed by atoms with Crippen molar-refractivity contribution < 1.29 is 13.2 Å². The fraction of sp³-hybridized carbons (Fsp3) is 0.667. The van der Waals surface area contributed by atoms with Crippen LogP contribution in [0.5, 0.6) is 0 Å². The van der Waals surface area contributed by atoms with Crippen LogP contribution in [-0.2, 0) is 6.18 Å². The minimum atomic E-state index is -4.48. The van der Waals surface area contributed by atoms with E-state index in [4.69, 9.17) is 11.7 Å². The summed E-state index contributed by atoms with van der Waals surface area (Å²) in [7, 11) is 0. The van der Waals surface area contributed by atoms with E-state index in [-0.39, 0.29) is 5.95 Å². The summed E-state index contributed by atoms with van der Waals surface area (Å²) in [6.45, 7) is 2.74. The standard InChI is InChI=1S/C15H21F3N8/c16-15(17,18)11-5-13(22-14(21-11)25-2-1-3-25)26-6-9-8(10(9)7-26)4-12(23-19)24-20/h5,8-10H,1-4,6-7,19-20H2,(H,23,24). The van der Waals surface area contributed by atoms with E-state index < -0.39 is 11.9 Å². The smallest absolute Gasteiger partial charge is 0.356 e. The van der Waals surface area contributed by atoms with Gasteiger partial charge in [0.05, 0.1) is 0 Å².